The third-order valence-corrected chi connectivity index (χ3v) is 4.24. The van der Waals surface area contributed by atoms with Crippen LogP contribution in [0.15, 0.2) is 20.2 Å². The van der Waals surface area contributed by atoms with E-state index in [0.717, 1.165) is 4.47 Å². The maximum absolute atomic E-state index is 11.8. The zero-order chi connectivity index (χ0) is 13.1. The first kappa shape index (κ1) is 14.9. The molecule has 4 nitrogen and oxygen atoms in total. The molecule has 0 saturated heterocycles. The van der Waals surface area contributed by atoms with E-state index in [1.54, 1.807) is 6.20 Å². The summed E-state index contributed by atoms with van der Waals surface area (Å²) in [5, 5.41) is 0.663. The van der Waals surface area contributed by atoms with Crippen molar-refractivity contribution in [3.8, 4) is 0 Å². The molecule has 0 fully saturated rings. The topological polar surface area (TPSA) is 61.2 Å². The Labute approximate surface area is 117 Å². The molecule has 0 amide bonds. The largest absolute Gasteiger partial charge is 0.591 e. The minimum Gasteiger partial charge on any atom is -0.591 e. The first-order chi connectivity index (χ1) is 7.84. The van der Waals surface area contributed by atoms with E-state index in [9.17, 15) is 4.55 Å². The minimum absolute atomic E-state index is 0.363. The quantitative estimate of drug-likeness (QED) is 0.369. The van der Waals surface area contributed by atoms with Gasteiger partial charge in [0.1, 0.15) is 28.0 Å². The van der Waals surface area contributed by atoms with Crippen LogP contribution in [0.4, 0.5) is 0 Å². The van der Waals surface area contributed by atoms with Crippen molar-refractivity contribution in [2.75, 3.05) is 6.26 Å². The molecule has 0 unspecified atom stereocenters. The van der Waals surface area contributed by atoms with E-state index < -0.39 is 11.4 Å². The first-order valence-corrected chi connectivity index (χ1v) is 7.99. The van der Waals surface area contributed by atoms with Crippen molar-refractivity contribution >= 4 is 45.3 Å². The lowest BCUT2D eigenvalue weighted by Crippen LogP contribution is -2.25. The van der Waals surface area contributed by atoms with Crippen LogP contribution < -0.4 is 0 Å². The summed E-state index contributed by atoms with van der Waals surface area (Å²) in [6.45, 7) is 5.63. The summed E-state index contributed by atoms with van der Waals surface area (Å²) in [4.78, 5) is 8.37. The van der Waals surface area contributed by atoms with Crippen LogP contribution in [0.3, 0.4) is 0 Å². The van der Waals surface area contributed by atoms with E-state index in [1.807, 2.05) is 27.0 Å². The molecule has 0 aliphatic carbocycles. The van der Waals surface area contributed by atoms with E-state index in [0.29, 0.717) is 10.9 Å². The maximum Gasteiger partial charge on any atom is 0.187 e. The lowest BCUT2D eigenvalue weighted by molar-refractivity contribution is 0.562. The molecule has 0 spiro atoms. The van der Waals surface area contributed by atoms with Crippen LogP contribution >= 0.6 is 27.7 Å². The predicted molar refractivity (Wildman–Crippen MR) is 77.0 cm³/mol. The van der Waals surface area contributed by atoms with Crippen LogP contribution in [0.25, 0.3) is 0 Å². The molecule has 7 heteroatoms. The molecular weight excluding hydrogens is 322 g/mol. The molecule has 0 radical (unpaired) electrons. The van der Waals surface area contributed by atoms with E-state index in [1.165, 1.54) is 18.0 Å². The molecule has 0 N–H and O–H groups in total. The van der Waals surface area contributed by atoms with Gasteiger partial charge in [0.2, 0.25) is 0 Å². The van der Waals surface area contributed by atoms with Gasteiger partial charge in [0.05, 0.1) is 4.47 Å². The van der Waals surface area contributed by atoms with Crippen molar-refractivity contribution in [2.24, 2.45) is 4.40 Å². The number of aromatic nitrogens is 2. The molecule has 1 aromatic heterocycles. The highest BCUT2D eigenvalue weighted by Crippen LogP contribution is 2.19. The third kappa shape index (κ3) is 4.57. The number of hydrogen-bond acceptors (Lipinski definition) is 5. The summed E-state index contributed by atoms with van der Waals surface area (Å²) in [5.74, 6) is 0. The van der Waals surface area contributed by atoms with Gasteiger partial charge in [-0.15, -0.1) is 0 Å². The number of nitrogens with zero attached hydrogens (tertiary/aromatic N) is 3. The van der Waals surface area contributed by atoms with Crippen molar-refractivity contribution in [1.29, 1.82) is 0 Å². The number of rotatable bonds is 3. The normalized spacial score (nSPS) is 14.2. The fraction of sp³-hybridized carbons (Fsp3) is 0.500. The highest BCUT2D eigenvalue weighted by atomic mass is 79.9. The zero-order valence-electron chi connectivity index (χ0n) is 10.1. The monoisotopic (exact) mass is 335 g/mol. The Morgan fingerprint density at radius 2 is 2.18 bits per heavy atom. The van der Waals surface area contributed by atoms with Crippen molar-refractivity contribution in [3.63, 3.8) is 0 Å². The molecule has 0 aromatic carbocycles. The Hall–Kier alpha value is -0.110. The second kappa shape index (κ2) is 6.17. The van der Waals surface area contributed by atoms with E-state index in [4.69, 9.17) is 0 Å². The van der Waals surface area contributed by atoms with Gasteiger partial charge >= 0.3 is 0 Å². The van der Waals surface area contributed by atoms with Crippen molar-refractivity contribution < 1.29 is 4.55 Å². The SMILES string of the molecule is CSc1ncc(Br)c(/C=N\[S@@+]([O-])C(C)(C)C)n1. The molecule has 1 atom stereocenters. The molecule has 0 bridgehead atoms. The molecule has 0 saturated carbocycles. The highest BCUT2D eigenvalue weighted by Gasteiger charge is 2.25. The van der Waals surface area contributed by atoms with Gasteiger partial charge in [-0.1, -0.05) is 16.2 Å². The zero-order valence-corrected chi connectivity index (χ0v) is 13.3. The fourth-order valence-corrected chi connectivity index (χ4v) is 1.96. The average Bonchev–Trinajstić information content (AvgIpc) is 2.26. The van der Waals surface area contributed by atoms with Gasteiger partial charge in [0.15, 0.2) is 5.16 Å². The second-order valence-electron chi connectivity index (χ2n) is 4.19. The molecule has 1 rings (SSSR count). The van der Waals surface area contributed by atoms with Crippen molar-refractivity contribution in [3.05, 3.63) is 16.4 Å². The molecule has 17 heavy (non-hydrogen) atoms. The lowest BCUT2D eigenvalue weighted by Gasteiger charge is -2.17. The molecule has 0 aliphatic heterocycles. The van der Waals surface area contributed by atoms with Gasteiger partial charge in [-0.05, 0) is 43.0 Å². The summed E-state index contributed by atoms with van der Waals surface area (Å²) in [5.41, 5.74) is 0.641. The molecule has 1 heterocycles. The van der Waals surface area contributed by atoms with E-state index >= 15 is 0 Å². The summed E-state index contributed by atoms with van der Waals surface area (Å²) >= 11 is 3.51. The number of halogens is 1. The van der Waals surface area contributed by atoms with Crippen LogP contribution in [0, 0.1) is 0 Å². The Bertz CT molecular complexity index is 421. The molecule has 94 valence electrons. The van der Waals surface area contributed by atoms with Gasteiger partial charge in [-0.25, -0.2) is 9.97 Å². The maximum atomic E-state index is 11.8. The van der Waals surface area contributed by atoms with Crippen LogP contribution in [0.1, 0.15) is 26.5 Å². The summed E-state index contributed by atoms with van der Waals surface area (Å²) in [6.07, 6.45) is 5.09. The van der Waals surface area contributed by atoms with Gasteiger partial charge in [0.25, 0.3) is 0 Å². The van der Waals surface area contributed by atoms with Crippen LogP contribution in [-0.2, 0) is 11.4 Å². The predicted octanol–water partition coefficient (Wildman–Crippen LogP) is 2.84. The van der Waals surface area contributed by atoms with Crippen molar-refractivity contribution in [2.45, 2.75) is 30.7 Å². The average molecular weight is 336 g/mol. The highest BCUT2D eigenvalue weighted by molar-refractivity contribution is 9.10. The molecule has 1 aromatic rings. The Balaban J connectivity index is 2.91. The summed E-state index contributed by atoms with van der Waals surface area (Å²) < 4.78 is 16.2. The van der Waals surface area contributed by atoms with Gasteiger partial charge in [-0.3, -0.25) is 0 Å². The Morgan fingerprint density at radius 1 is 1.53 bits per heavy atom. The van der Waals surface area contributed by atoms with Gasteiger partial charge in [-0.2, -0.15) is 0 Å². The van der Waals surface area contributed by atoms with Crippen LogP contribution in [0.2, 0.25) is 0 Å². The molecular formula is C10H14BrN3OS2. The molecule has 0 aliphatic rings. The minimum atomic E-state index is -1.27. The van der Waals surface area contributed by atoms with E-state index in [2.05, 4.69) is 30.3 Å². The third-order valence-electron chi connectivity index (χ3n) is 1.73. The fourth-order valence-electron chi connectivity index (χ4n) is 0.808. The Kier molecular flexibility index (Phi) is 5.43. The number of thioether (sulfide) groups is 1. The summed E-state index contributed by atoms with van der Waals surface area (Å²) in [7, 11) is 0. The van der Waals surface area contributed by atoms with Crippen LogP contribution in [0.5, 0.6) is 0 Å². The first-order valence-electron chi connectivity index (χ1n) is 4.87. The van der Waals surface area contributed by atoms with Crippen LogP contribution in [-0.4, -0.2) is 31.7 Å². The summed E-state index contributed by atoms with van der Waals surface area (Å²) in [6, 6.07) is 0. The number of hydrogen-bond donors (Lipinski definition) is 0. The lowest BCUT2D eigenvalue weighted by atomic mass is 10.3. The van der Waals surface area contributed by atoms with Gasteiger partial charge < -0.3 is 4.55 Å². The standard InChI is InChI=1S/C10H14BrN3OS2/c1-10(2,3)17(15)13-6-8-7(11)5-12-9(14-8)16-4/h5-6H,1-4H3/b13-6-/t17-/m0/s1. The smallest absolute Gasteiger partial charge is 0.187 e. The van der Waals surface area contributed by atoms with Crippen molar-refractivity contribution in [1.82, 2.24) is 9.97 Å². The second-order valence-corrected chi connectivity index (χ2v) is 7.75. The Morgan fingerprint density at radius 3 is 2.71 bits per heavy atom. The van der Waals surface area contributed by atoms with E-state index in [-0.39, 0.29) is 4.75 Å². The van der Waals surface area contributed by atoms with Gasteiger partial charge in [0, 0.05) is 6.20 Å².